The van der Waals surface area contributed by atoms with E-state index in [1.165, 1.54) is 0 Å². The number of rotatable bonds is 8. The van der Waals surface area contributed by atoms with Crippen LogP contribution < -0.4 is 0 Å². The number of ether oxygens (including phenoxy) is 2. The first-order valence-corrected chi connectivity index (χ1v) is 10.2. The van der Waals surface area contributed by atoms with Crippen molar-refractivity contribution in [2.75, 3.05) is 19.5 Å². The van der Waals surface area contributed by atoms with Crippen LogP contribution in [0.3, 0.4) is 0 Å². The highest BCUT2D eigenvalue weighted by atomic mass is 35.5. The molecule has 0 aromatic carbocycles. The van der Waals surface area contributed by atoms with Crippen LogP contribution in [0.15, 0.2) is 24.0 Å². The van der Waals surface area contributed by atoms with Crippen LogP contribution in [-0.2, 0) is 16.0 Å². The number of hydrogen-bond donors (Lipinski definition) is 1. The maximum Gasteiger partial charge on any atom is 0.341 e. The van der Waals surface area contributed by atoms with Gasteiger partial charge in [0.15, 0.2) is 0 Å². The van der Waals surface area contributed by atoms with Crippen molar-refractivity contribution in [2.24, 2.45) is 0 Å². The molecular formula is C21H27ClN2O3S. The van der Waals surface area contributed by atoms with Crippen LogP contribution in [0.1, 0.15) is 40.7 Å². The Hall–Kier alpha value is -1.92. The SMILES string of the molecule is CCOC(=O)c1c(C)nc2c(c(C)c(C)n2CC/C=C\C(=C/CS)OC)c1Cl. The van der Waals surface area contributed by atoms with E-state index in [1.54, 1.807) is 21.0 Å². The number of aromatic nitrogens is 2. The fourth-order valence-corrected chi connectivity index (χ4v) is 3.77. The molecule has 0 spiro atoms. The number of hydrogen-bond acceptors (Lipinski definition) is 5. The van der Waals surface area contributed by atoms with Gasteiger partial charge in [-0.1, -0.05) is 17.7 Å². The molecule has 0 saturated carbocycles. The molecule has 2 aromatic heterocycles. The summed E-state index contributed by atoms with van der Waals surface area (Å²) in [7, 11) is 1.64. The van der Waals surface area contributed by atoms with Gasteiger partial charge in [0.05, 0.1) is 24.4 Å². The monoisotopic (exact) mass is 422 g/mol. The first kappa shape index (κ1) is 22.4. The standard InChI is InChI=1S/C21H27ClN2O3S/c1-6-27-21(25)18-14(3)23-20-17(19(18)22)13(2)15(4)24(20)11-8-7-9-16(26-5)10-12-28/h7,9-10,28H,6,8,11-12H2,1-5H3/b9-7-,16-10+. The lowest BCUT2D eigenvalue weighted by Crippen LogP contribution is -2.10. The minimum absolute atomic E-state index is 0.295. The van der Waals surface area contributed by atoms with Gasteiger partial charge in [0.2, 0.25) is 0 Å². The zero-order valence-electron chi connectivity index (χ0n) is 17.0. The first-order chi connectivity index (χ1) is 13.4. The average molecular weight is 423 g/mol. The predicted octanol–water partition coefficient (Wildman–Crippen LogP) is 5.20. The molecule has 2 heterocycles. The van der Waals surface area contributed by atoms with E-state index >= 15 is 0 Å². The topological polar surface area (TPSA) is 53.3 Å². The fourth-order valence-electron chi connectivity index (χ4n) is 3.15. The van der Waals surface area contributed by atoms with E-state index in [0.29, 0.717) is 28.6 Å². The van der Waals surface area contributed by atoms with E-state index in [4.69, 9.17) is 21.1 Å². The lowest BCUT2D eigenvalue weighted by Gasteiger charge is -2.10. The number of pyridine rings is 1. The van der Waals surface area contributed by atoms with Gasteiger partial charge in [-0.25, -0.2) is 9.78 Å². The van der Waals surface area contributed by atoms with Crippen molar-refractivity contribution in [3.8, 4) is 0 Å². The second-order valence-corrected chi connectivity index (χ2v) is 7.09. The number of carbonyl (C=O) groups excluding carboxylic acids is 1. The van der Waals surface area contributed by atoms with E-state index < -0.39 is 5.97 Å². The van der Waals surface area contributed by atoms with Crippen molar-refractivity contribution >= 4 is 41.2 Å². The molecule has 0 radical (unpaired) electrons. The average Bonchev–Trinajstić information content (AvgIpc) is 2.88. The van der Waals surface area contributed by atoms with Crippen molar-refractivity contribution in [3.63, 3.8) is 0 Å². The van der Waals surface area contributed by atoms with Crippen LogP contribution >= 0.6 is 24.2 Å². The number of carbonyl (C=O) groups is 1. The molecule has 0 aliphatic heterocycles. The highest BCUT2D eigenvalue weighted by molar-refractivity contribution is 7.80. The molecule has 0 N–H and O–H groups in total. The van der Waals surface area contributed by atoms with E-state index in [2.05, 4.69) is 28.3 Å². The largest absolute Gasteiger partial charge is 0.497 e. The third-order valence-corrected chi connectivity index (χ3v) is 5.25. The first-order valence-electron chi connectivity index (χ1n) is 9.21. The van der Waals surface area contributed by atoms with Crippen LogP contribution in [-0.4, -0.2) is 35.0 Å². The Morgan fingerprint density at radius 3 is 2.64 bits per heavy atom. The van der Waals surface area contributed by atoms with Gasteiger partial charge in [-0.15, -0.1) is 0 Å². The number of esters is 1. The van der Waals surface area contributed by atoms with E-state index in [-0.39, 0.29) is 0 Å². The van der Waals surface area contributed by atoms with Gasteiger partial charge in [0.25, 0.3) is 0 Å². The Kier molecular flexibility index (Phi) is 8.01. The summed E-state index contributed by atoms with van der Waals surface area (Å²) in [5.74, 6) is 0.977. The highest BCUT2D eigenvalue weighted by Gasteiger charge is 2.23. The molecule has 0 bridgehead atoms. The molecular weight excluding hydrogens is 396 g/mol. The van der Waals surface area contributed by atoms with Crippen molar-refractivity contribution in [2.45, 2.75) is 40.7 Å². The Morgan fingerprint density at radius 1 is 1.32 bits per heavy atom. The molecule has 0 aliphatic rings. The number of allylic oxidation sites excluding steroid dienone is 2. The Morgan fingerprint density at radius 2 is 2.04 bits per heavy atom. The van der Waals surface area contributed by atoms with Crippen LogP contribution in [0.5, 0.6) is 0 Å². The summed E-state index contributed by atoms with van der Waals surface area (Å²) in [6.45, 7) is 8.63. The van der Waals surface area contributed by atoms with Crippen molar-refractivity contribution < 1.29 is 14.3 Å². The van der Waals surface area contributed by atoms with Gasteiger partial charge in [-0.05, 0) is 51.8 Å². The molecule has 2 rings (SSSR count). The van der Waals surface area contributed by atoms with Crippen LogP contribution in [0, 0.1) is 20.8 Å². The van der Waals surface area contributed by atoms with Gasteiger partial charge in [0.1, 0.15) is 17.0 Å². The van der Waals surface area contributed by atoms with Crippen LogP contribution in [0.4, 0.5) is 0 Å². The second-order valence-electron chi connectivity index (χ2n) is 6.35. The summed E-state index contributed by atoms with van der Waals surface area (Å²) in [5, 5.41) is 1.22. The van der Waals surface area contributed by atoms with Gasteiger partial charge in [-0.2, -0.15) is 12.6 Å². The molecule has 0 aliphatic carbocycles. The van der Waals surface area contributed by atoms with Crippen molar-refractivity contribution in [1.29, 1.82) is 0 Å². The van der Waals surface area contributed by atoms with E-state index in [9.17, 15) is 4.79 Å². The second kappa shape index (κ2) is 10.0. The summed E-state index contributed by atoms with van der Waals surface area (Å²) in [6.07, 6.45) is 6.70. The van der Waals surface area contributed by atoms with Crippen LogP contribution in [0.2, 0.25) is 5.02 Å². The van der Waals surface area contributed by atoms with E-state index in [1.807, 2.05) is 26.0 Å². The van der Waals surface area contributed by atoms with Gasteiger partial charge in [-0.3, -0.25) is 0 Å². The maximum absolute atomic E-state index is 12.3. The third-order valence-electron chi connectivity index (χ3n) is 4.69. The predicted molar refractivity (Wildman–Crippen MR) is 118 cm³/mol. The van der Waals surface area contributed by atoms with Crippen molar-refractivity contribution in [3.05, 3.63) is 51.5 Å². The number of nitrogens with zero attached hydrogens (tertiary/aromatic N) is 2. The Balaban J connectivity index is 2.41. The number of aryl methyl sites for hydroxylation is 3. The summed E-state index contributed by atoms with van der Waals surface area (Å²) in [6, 6.07) is 0. The lowest BCUT2D eigenvalue weighted by atomic mass is 10.1. The van der Waals surface area contributed by atoms with Gasteiger partial charge >= 0.3 is 5.97 Å². The molecule has 0 unspecified atom stereocenters. The molecule has 0 amide bonds. The fraction of sp³-hybridized carbons (Fsp3) is 0.429. The third kappa shape index (κ3) is 4.55. The maximum atomic E-state index is 12.3. The van der Waals surface area contributed by atoms with E-state index in [0.717, 1.165) is 41.0 Å². The minimum atomic E-state index is -0.435. The molecule has 0 atom stereocenters. The smallest absolute Gasteiger partial charge is 0.341 e. The normalized spacial score (nSPS) is 12.2. The molecule has 2 aromatic rings. The van der Waals surface area contributed by atoms with Crippen molar-refractivity contribution in [1.82, 2.24) is 9.55 Å². The number of thiol groups is 1. The summed E-state index contributed by atoms with van der Waals surface area (Å²) < 4.78 is 12.6. The number of methoxy groups -OCH3 is 1. The highest BCUT2D eigenvalue weighted by Crippen LogP contribution is 2.34. The lowest BCUT2D eigenvalue weighted by molar-refractivity contribution is 0.0525. The van der Waals surface area contributed by atoms with Gasteiger partial charge < -0.3 is 14.0 Å². The molecule has 28 heavy (non-hydrogen) atoms. The molecule has 152 valence electrons. The molecule has 0 saturated heterocycles. The zero-order chi connectivity index (χ0) is 20.8. The number of fused-ring (bicyclic) bond motifs is 1. The van der Waals surface area contributed by atoms with Crippen LogP contribution in [0.25, 0.3) is 11.0 Å². The zero-order valence-corrected chi connectivity index (χ0v) is 18.7. The molecule has 0 fully saturated rings. The summed E-state index contributed by atoms with van der Waals surface area (Å²) in [4.78, 5) is 17.0. The molecule has 5 nitrogen and oxygen atoms in total. The quantitative estimate of drug-likeness (QED) is 0.275. The minimum Gasteiger partial charge on any atom is -0.497 e. The summed E-state index contributed by atoms with van der Waals surface area (Å²) in [5.41, 5.74) is 3.81. The summed E-state index contributed by atoms with van der Waals surface area (Å²) >= 11 is 10.8. The van der Waals surface area contributed by atoms with Gasteiger partial charge in [0, 0.05) is 23.4 Å². The Bertz CT molecular complexity index is 932. The Labute approximate surface area is 176 Å². The number of halogens is 1. The molecule has 7 heteroatoms.